The Hall–Kier alpha value is -0.970. The molecule has 1 aliphatic carbocycles. The van der Waals surface area contributed by atoms with E-state index in [-0.39, 0.29) is 18.0 Å². The lowest BCUT2D eigenvalue weighted by molar-refractivity contribution is -0.160. The van der Waals surface area contributed by atoms with Gasteiger partial charge in [0.15, 0.2) is 0 Å². The van der Waals surface area contributed by atoms with Crippen molar-refractivity contribution >= 4 is 5.97 Å². The van der Waals surface area contributed by atoms with Crippen LogP contribution in [0.5, 0.6) is 0 Å². The van der Waals surface area contributed by atoms with Crippen LogP contribution in [0.4, 0.5) is 0 Å². The van der Waals surface area contributed by atoms with Crippen LogP contribution in [0, 0.1) is 36.0 Å². The van der Waals surface area contributed by atoms with Crippen molar-refractivity contribution in [3.05, 3.63) is 0 Å². The van der Waals surface area contributed by atoms with Gasteiger partial charge in [0.2, 0.25) is 0 Å². The molecule has 0 bridgehead atoms. The molecule has 0 heterocycles. The second-order valence-electron chi connectivity index (χ2n) is 6.11. The Morgan fingerprint density at radius 1 is 1.39 bits per heavy atom. The van der Waals surface area contributed by atoms with Crippen molar-refractivity contribution in [3.8, 4) is 12.3 Å². The number of rotatable bonds is 4. The maximum absolute atomic E-state index is 12.0. The van der Waals surface area contributed by atoms with Crippen LogP contribution in [0.25, 0.3) is 0 Å². The topological polar surface area (TPSA) is 26.3 Å². The third kappa shape index (κ3) is 4.05. The summed E-state index contributed by atoms with van der Waals surface area (Å²) in [6, 6.07) is 0. The average molecular weight is 250 g/mol. The molecular formula is C16H26O2. The summed E-state index contributed by atoms with van der Waals surface area (Å²) in [5, 5.41) is 0. The van der Waals surface area contributed by atoms with Crippen LogP contribution in [0.2, 0.25) is 0 Å². The van der Waals surface area contributed by atoms with Gasteiger partial charge in [-0.1, -0.05) is 34.1 Å². The fourth-order valence-corrected chi connectivity index (χ4v) is 2.78. The highest BCUT2D eigenvalue weighted by Gasteiger charge is 2.34. The summed E-state index contributed by atoms with van der Waals surface area (Å²) in [7, 11) is 0. The molecule has 0 spiro atoms. The molecule has 4 unspecified atom stereocenters. The number of terminal acetylenes is 1. The monoisotopic (exact) mass is 250 g/mol. The number of ether oxygens (including phenoxy) is 1. The van der Waals surface area contributed by atoms with Gasteiger partial charge < -0.3 is 4.74 Å². The van der Waals surface area contributed by atoms with E-state index in [1.165, 1.54) is 12.8 Å². The standard InChI is InChI=1S/C16H26O2/c1-6-7-13(5)16(17)18-15-10-12(4)8-9-14(15)11(2)3/h1,11-15H,7-10H2,2-5H3. The third-order valence-corrected chi connectivity index (χ3v) is 4.06. The van der Waals surface area contributed by atoms with E-state index in [0.29, 0.717) is 24.2 Å². The molecule has 0 aromatic rings. The van der Waals surface area contributed by atoms with E-state index in [9.17, 15) is 4.79 Å². The molecule has 1 saturated carbocycles. The fraction of sp³-hybridized carbons (Fsp3) is 0.812. The van der Waals surface area contributed by atoms with Crippen LogP contribution in [0.3, 0.4) is 0 Å². The van der Waals surface area contributed by atoms with E-state index in [1.807, 2.05) is 6.92 Å². The maximum atomic E-state index is 12.0. The third-order valence-electron chi connectivity index (χ3n) is 4.06. The molecule has 0 radical (unpaired) electrons. The van der Waals surface area contributed by atoms with Gasteiger partial charge in [0.05, 0.1) is 5.92 Å². The molecule has 102 valence electrons. The van der Waals surface area contributed by atoms with Gasteiger partial charge in [0, 0.05) is 6.42 Å². The first-order chi connectivity index (χ1) is 8.45. The summed E-state index contributed by atoms with van der Waals surface area (Å²) in [5.74, 6) is 3.94. The van der Waals surface area contributed by atoms with Crippen molar-refractivity contribution in [3.63, 3.8) is 0 Å². The highest BCUT2D eigenvalue weighted by Crippen LogP contribution is 2.35. The van der Waals surface area contributed by atoms with E-state index in [2.05, 4.69) is 26.7 Å². The van der Waals surface area contributed by atoms with Gasteiger partial charge in [-0.3, -0.25) is 4.79 Å². The van der Waals surface area contributed by atoms with E-state index < -0.39 is 0 Å². The highest BCUT2D eigenvalue weighted by atomic mass is 16.5. The lowest BCUT2D eigenvalue weighted by atomic mass is 9.75. The Bertz CT molecular complexity index is 314. The van der Waals surface area contributed by atoms with Crippen molar-refractivity contribution in [1.29, 1.82) is 0 Å². The van der Waals surface area contributed by atoms with Gasteiger partial charge in [-0.25, -0.2) is 0 Å². The second-order valence-corrected chi connectivity index (χ2v) is 6.11. The van der Waals surface area contributed by atoms with Crippen LogP contribution in [-0.4, -0.2) is 12.1 Å². The molecule has 18 heavy (non-hydrogen) atoms. The Morgan fingerprint density at radius 3 is 2.61 bits per heavy atom. The minimum atomic E-state index is -0.181. The van der Waals surface area contributed by atoms with Crippen molar-refractivity contribution in [1.82, 2.24) is 0 Å². The Kier molecular flexibility index (Phi) is 5.72. The molecule has 0 amide bonds. The minimum absolute atomic E-state index is 0.0847. The molecule has 1 aliphatic rings. The molecule has 0 aromatic heterocycles. The van der Waals surface area contributed by atoms with Gasteiger partial charge in [-0.15, -0.1) is 12.3 Å². The zero-order chi connectivity index (χ0) is 13.7. The zero-order valence-electron chi connectivity index (χ0n) is 12.1. The van der Waals surface area contributed by atoms with Crippen molar-refractivity contribution in [2.75, 3.05) is 0 Å². The molecule has 2 heteroatoms. The van der Waals surface area contributed by atoms with E-state index >= 15 is 0 Å². The summed E-state index contributed by atoms with van der Waals surface area (Å²) in [6.07, 6.45) is 9.20. The molecule has 0 aliphatic heterocycles. The molecule has 0 aromatic carbocycles. The first-order valence-corrected chi connectivity index (χ1v) is 7.09. The lowest BCUT2D eigenvalue weighted by Crippen LogP contribution is -2.37. The van der Waals surface area contributed by atoms with Gasteiger partial charge in [0.25, 0.3) is 0 Å². The Balaban J connectivity index is 2.61. The SMILES string of the molecule is C#CCC(C)C(=O)OC1CC(C)CCC1C(C)C. The van der Waals surface area contributed by atoms with Crippen molar-refractivity contribution < 1.29 is 9.53 Å². The largest absolute Gasteiger partial charge is 0.462 e. The summed E-state index contributed by atoms with van der Waals surface area (Å²) in [6.45, 7) is 8.51. The van der Waals surface area contributed by atoms with E-state index in [4.69, 9.17) is 11.2 Å². The van der Waals surface area contributed by atoms with E-state index in [0.717, 1.165) is 6.42 Å². The smallest absolute Gasteiger partial charge is 0.309 e. The molecule has 0 N–H and O–H groups in total. The van der Waals surface area contributed by atoms with Gasteiger partial charge in [-0.05, 0) is 30.6 Å². The zero-order valence-corrected chi connectivity index (χ0v) is 12.1. The summed E-state index contributed by atoms with van der Waals surface area (Å²) in [4.78, 5) is 12.0. The minimum Gasteiger partial charge on any atom is -0.462 e. The van der Waals surface area contributed by atoms with Crippen LogP contribution in [0.1, 0.15) is 53.4 Å². The Labute approximate surface area is 111 Å². The lowest BCUT2D eigenvalue weighted by Gasteiger charge is -2.37. The quantitative estimate of drug-likeness (QED) is 0.562. The Morgan fingerprint density at radius 2 is 2.06 bits per heavy atom. The molecular weight excluding hydrogens is 224 g/mol. The van der Waals surface area contributed by atoms with Crippen molar-refractivity contribution in [2.45, 2.75) is 59.5 Å². The van der Waals surface area contributed by atoms with Crippen LogP contribution in [-0.2, 0) is 9.53 Å². The summed E-state index contributed by atoms with van der Waals surface area (Å²) < 4.78 is 5.72. The maximum Gasteiger partial charge on any atom is 0.309 e. The first kappa shape index (κ1) is 15.1. The average Bonchev–Trinajstić information content (AvgIpc) is 2.28. The predicted octanol–water partition coefficient (Wildman–Crippen LogP) is 3.65. The first-order valence-electron chi connectivity index (χ1n) is 7.09. The summed E-state index contributed by atoms with van der Waals surface area (Å²) >= 11 is 0. The molecule has 1 rings (SSSR count). The van der Waals surface area contributed by atoms with Crippen molar-refractivity contribution in [2.24, 2.45) is 23.7 Å². The number of hydrogen-bond acceptors (Lipinski definition) is 2. The number of esters is 1. The molecule has 2 nitrogen and oxygen atoms in total. The van der Waals surface area contributed by atoms with Crippen LogP contribution in [0.15, 0.2) is 0 Å². The second kappa shape index (κ2) is 6.83. The normalized spacial score (nSPS) is 29.7. The van der Waals surface area contributed by atoms with Crippen LogP contribution >= 0.6 is 0 Å². The van der Waals surface area contributed by atoms with Gasteiger partial charge in [-0.2, -0.15) is 0 Å². The molecule has 4 atom stereocenters. The molecule has 0 saturated heterocycles. The summed E-state index contributed by atoms with van der Waals surface area (Å²) in [5.41, 5.74) is 0. The highest BCUT2D eigenvalue weighted by molar-refractivity contribution is 5.72. The van der Waals surface area contributed by atoms with Crippen LogP contribution < -0.4 is 0 Å². The van der Waals surface area contributed by atoms with Gasteiger partial charge >= 0.3 is 5.97 Å². The number of carbonyl (C=O) groups excluding carboxylic acids is 1. The predicted molar refractivity (Wildman–Crippen MR) is 73.8 cm³/mol. The fourth-order valence-electron chi connectivity index (χ4n) is 2.78. The van der Waals surface area contributed by atoms with Gasteiger partial charge in [0.1, 0.15) is 6.10 Å². The number of carbonyl (C=O) groups is 1. The number of hydrogen-bond donors (Lipinski definition) is 0. The van der Waals surface area contributed by atoms with E-state index in [1.54, 1.807) is 0 Å². The molecule has 1 fully saturated rings.